The summed E-state index contributed by atoms with van der Waals surface area (Å²) >= 11 is 0. The molecule has 0 amide bonds. The van der Waals surface area contributed by atoms with Gasteiger partial charge in [-0.2, -0.15) is 0 Å². The van der Waals surface area contributed by atoms with Crippen LogP contribution in [0.5, 0.6) is 0 Å². The summed E-state index contributed by atoms with van der Waals surface area (Å²) in [6.45, 7) is 7.21. The Morgan fingerprint density at radius 2 is 2.00 bits per heavy atom. The molecule has 0 spiro atoms. The van der Waals surface area contributed by atoms with E-state index < -0.39 is 28.5 Å². The highest BCUT2D eigenvalue weighted by Crippen LogP contribution is 2.68. The van der Waals surface area contributed by atoms with Crippen LogP contribution in [0.1, 0.15) is 53.4 Å². The number of carbonyl (C=O) groups is 3. The van der Waals surface area contributed by atoms with Crippen LogP contribution >= 0.6 is 0 Å². The third kappa shape index (κ3) is 3.55. The van der Waals surface area contributed by atoms with E-state index in [1.54, 1.807) is 12.2 Å². The summed E-state index contributed by atoms with van der Waals surface area (Å²) in [4.78, 5) is 37.0. The molecular weight excluding hydrogens is 424 g/mol. The lowest BCUT2D eigenvalue weighted by Crippen LogP contribution is -2.63. The van der Waals surface area contributed by atoms with E-state index in [0.717, 1.165) is 18.4 Å². The van der Waals surface area contributed by atoms with Crippen molar-refractivity contribution < 1.29 is 33.7 Å². The minimum absolute atomic E-state index is 0.00632. The van der Waals surface area contributed by atoms with E-state index in [9.17, 15) is 19.5 Å². The van der Waals surface area contributed by atoms with Crippen LogP contribution in [0.2, 0.25) is 0 Å². The predicted molar refractivity (Wildman–Crippen MR) is 120 cm³/mol. The molecule has 1 N–H and O–H groups in total. The second kappa shape index (κ2) is 8.43. The lowest BCUT2D eigenvalue weighted by molar-refractivity contribution is -0.216. The number of ether oxygens (including phenoxy) is 3. The van der Waals surface area contributed by atoms with Gasteiger partial charge in [-0.1, -0.05) is 32.4 Å². The van der Waals surface area contributed by atoms with Crippen LogP contribution in [0.3, 0.4) is 0 Å². The van der Waals surface area contributed by atoms with E-state index in [1.165, 1.54) is 14.0 Å². The standard InChI is InChI=1S/C26H36O7/c1-15-10-18-19-7-9-26(33-14-31-5,22(30)13-32-16(2)27)25(19,4)12-21(29)23(18)24(3)8-6-17(28)11-20(15)24/h6,8,11,15,18-19,21,23,29H,7,9-10,12-14H2,1-5H3/t15-,18-,19-,21-,23+,24-,25-,26-/m0/s1. The summed E-state index contributed by atoms with van der Waals surface area (Å²) in [5.74, 6) is -0.300. The van der Waals surface area contributed by atoms with Crippen molar-refractivity contribution in [2.24, 2.45) is 34.5 Å². The smallest absolute Gasteiger partial charge is 0.303 e. The molecule has 8 atom stereocenters. The summed E-state index contributed by atoms with van der Waals surface area (Å²) in [7, 11) is 1.51. The number of carbonyl (C=O) groups excluding carboxylic acids is 3. The molecule has 4 aliphatic carbocycles. The topological polar surface area (TPSA) is 99.1 Å². The summed E-state index contributed by atoms with van der Waals surface area (Å²) in [5.41, 5.74) is -1.11. The van der Waals surface area contributed by atoms with Gasteiger partial charge < -0.3 is 19.3 Å². The van der Waals surface area contributed by atoms with E-state index in [0.29, 0.717) is 12.8 Å². The Balaban J connectivity index is 1.73. The van der Waals surface area contributed by atoms with Gasteiger partial charge in [-0.25, -0.2) is 0 Å². The van der Waals surface area contributed by atoms with Crippen molar-refractivity contribution in [1.82, 2.24) is 0 Å². The van der Waals surface area contributed by atoms with E-state index in [4.69, 9.17) is 14.2 Å². The van der Waals surface area contributed by atoms with Crippen molar-refractivity contribution in [3.05, 3.63) is 23.8 Å². The largest absolute Gasteiger partial charge is 0.458 e. The van der Waals surface area contributed by atoms with Crippen LogP contribution in [0.15, 0.2) is 23.8 Å². The Hall–Kier alpha value is -1.83. The van der Waals surface area contributed by atoms with Crippen molar-refractivity contribution >= 4 is 17.5 Å². The molecule has 7 nitrogen and oxygen atoms in total. The number of Topliss-reactive ketones (excluding diaryl/α,β-unsaturated/α-hetero) is 1. The minimum atomic E-state index is -1.19. The Morgan fingerprint density at radius 1 is 1.27 bits per heavy atom. The van der Waals surface area contributed by atoms with Crippen molar-refractivity contribution in [1.29, 1.82) is 0 Å². The minimum Gasteiger partial charge on any atom is -0.458 e. The third-order valence-electron chi connectivity index (χ3n) is 9.22. The average Bonchev–Trinajstić information content (AvgIpc) is 3.04. The lowest BCUT2D eigenvalue weighted by atomic mass is 9.44. The highest BCUT2D eigenvalue weighted by molar-refractivity contribution is 6.01. The zero-order chi connectivity index (χ0) is 24.2. The maximum Gasteiger partial charge on any atom is 0.303 e. The van der Waals surface area contributed by atoms with Gasteiger partial charge in [-0.05, 0) is 55.6 Å². The van der Waals surface area contributed by atoms with Gasteiger partial charge in [0.05, 0.1) is 6.10 Å². The molecular formula is C26H36O7. The maximum absolute atomic E-state index is 13.5. The Bertz CT molecular complexity index is 906. The number of aliphatic hydroxyl groups excluding tert-OH is 1. The molecule has 182 valence electrons. The van der Waals surface area contributed by atoms with Crippen LogP contribution < -0.4 is 0 Å². The number of hydrogen-bond acceptors (Lipinski definition) is 7. The van der Waals surface area contributed by atoms with Crippen LogP contribution in [0.4, 0.5) is 0 Å². The van der Waals surface area contributed by atoms with Crippen LogP contribution in [-0.4, -0.2) is 54.9 Å². The summed E-state index contributed by atoms with van der Waals surface area (Å²) in [5, 5.41) is 11.6. The summed E-state index contributed by atoms with van der Waals surface area (Å²) in [6.07, 6.45) is 7.23. The number of ketones is 2. The predicted octanol–water partition coefficient (Wildman–Crippen LogP) is 3.00. The fraction of sp³-hybridized carbons (Fsp3) is 0.731. The molecule has 0 heterocycles. The highest BCUT2D eigenvalue weighted by Gasteiger charge is 2.69. The molecule has 0 aromatic carbocycles. The second-order valence-corrected chi connectivity index (χ2v) is 10.9. The number of hydrogen-bond donors (Lipinski definition) is 1. The molecule has 0 unspecified atom stereocenters. The Morgan fingerprint density at radius 3 is 2.67 bits per heavy atom. The molecule has 0 bridgehead atoms. The van der Waals surface area contributed by atoms with E-state index in [2.05, 4.69) is 13.8 Å². The number of fused-ring (bicyclic) bond motifs is 5. The number of aliphatic hydroxyl groups is 1. The Labute approximate surface area is 195 Å². The first-order valence-corrected chi connectivity index (χ1v) is 11.9. The van der Waals surface area contributed by atoms with Gasteiger partial charge in [0.1, 0.15) is 12.4 Å². The normalized spacial score (nSPS) is 43.9. The van der Waals surface area contributed by atoms with Gasteiger partial charge in [0, 0.05) is 30.8 Å². The highest BCUT2D eigenvalue weighted by atomic mass is 16.7. The van der Waals surface area contributed by atoms with Crippen LogP contribution in [0, 0.1) is 34.5 Å². The van der Waals surface area contributed by atoms with E-state index in [1.807, 2.05) is 13.0 Å². The monoisotopic (exact) mass is 460 g/mol. The number of allylic oxidation sites excluding steroid dienone is 4. The maximum atomic E-state index is 13.5. The average molecular weight is 461 g/mol. The molecule has 0 saturated heterocycles. The van der Waals surface area contributed by atoms with Gasteiger partial charge in [0.15, 0.2) is 12.4 Å². The molecule has 33 heavy (non-hydrogen) atoms. The molecule has 0 aliphatic heterocycles. The zero-order valence-corrected chi connectivity index (χ0v) is 20.3. The lowest BCUT2D eigenvalue weighted by Gasteiger charge is -2.61. The molecule has 0 aromatic heterocycles. The summed E-state index contributed by atoms with van der Waals surface area (Å²) in [6, 6.07) is 0. The molecule has 7 heteroatoms. The second-order valence-electron chi connectivity index (χ2n) is 10.9. The first-order valence-electron chi connectivity index (χ1n) is 11.9. The summed E-state index contributed by atoms with van der Waals surface area (Å²) < 4.78 is 16.4. The number of esters is 1. The zero-order valence-electron chi connectivity index (χ0n) is 20.3. The van der Waals surface area contributed by atoms with Crippen molar-refractivity contribution in [3.63, 3.8) is 0 Å². The third-order valence-corrected chi connectivity index (χ3v) is 9.22. The van der Waals surface area contributed by atoms with Gasteiger partial charge >= 0.3 is 5.97 Å². The Kier molecular flexibility index (Phi) is 6.21. The SMILES string of the molecule is COCO[C@]1(C(=O)COC(C)=O)CC[C@H]2[C@@H]3C[C@H](C)C4=CC(=O)C=C[C@]4(C)[C@H]3[C@@H](O)C[C@@]21C. The van der Waals surface area contributed by atoms with Crippen molar-refractivity contribution in [3.8, 4) is 0 Å². The van der Waals surface area contributed by atoms with Crippen molar-refractivity contribution in [2.75, 3.05) is 20.5 Å². The molecule has 3 saturated carbocycles. The fourth-order valence-electron chi connectivity index (χ4n) is 7.96. The first kappa shape index (κ1) is 24.3. The number of rotatable bonds is 6. The van der Waals surface area contributed by atoms with Gasteiger partial charge in [-0.15, -0.1) is 0 Å². The quantitative estimate of drug-likeness (QED) is 0.480. The van der Waals surface area contributed by atoms with Crippen LogP contribution in [-0.2, 0) is 28.6 Å². The van der Waals surface area contributed by atoms with Gasteiger partial charge in [0.25, 0.3) is 0 Å². The molecule has 4 aliphatic rings. The molecule has 4 rings (SSSR count). The van der Waals surface area contributed by atoms with Gasteiger partial charge in [-0.3, -0.25) is 14.4 Å². The van der Waals surface area contributed by atoms with Crippen LogP contribution in [0.25, 0.3) is 0 Å². The molecule has 3 fully saturated rings. The molecule has 0 aromatic rings. The first-order chi connectivity index (χ1) is 15.5. The van der Waals surface area contributed by atoms with E-state index in [-0.39, 0.29) is 48.6 Å². The number of methoxy groups -OCH3 is 1. The molecule has 0 radical (unpaired) electrons. The van der Waals surface area contributed by atoms with Gasteiger partial charge in [0.2, 0.25) is 5.78 Å². The van der Waals surface area contributed by atoms with E-state index >= 15 is 0 Å². The fourth-order valence-corrected chi connectivity index (χ4v) is 7.96. The van der Waals surface area contributed by atoms with Crippen molar-refractivity contribution in [2.45, 2.75) is 65.1 Å².